The predicted molar refractivity (Wildman–Crippen MR) is 115 cm³/mol. The van der Waals surface area contributed by atoms with Gasteiger partial charge in [-0.2, -0.15) is 0 Å². The smallest absolute Gasteiger partial charge is 0.193 e. The van der Waals surface area contributed by atoms with Crippen molar-refractivity contribution in [2.45, 2.75) is 6.42 Å². The third-order valence-corrected chi connectivity index (χ3v) is 5.18. The Labute approximate surface area is 176 Å². The molecule has 0 aromatic heterocycles. The molecule has 0 radical (unpaired) electrons. The maximum Gasteiger partial charge on any atom is 0.193 e. The maximum absolute atomic E-state index is 14.0. The Balaban J connectivity index is 1.52. The summed E-state index contributed by atoms with van der Waals surface area (Å²) in [6, 6.07) is 9.44. The number of halogens is 2. The molecule has 2 aromatic carbocycles. The highest BCUT2D eigenvalue weighted by Crippen LogP contribution is 2.27. The highest BCUT2D eigenvalue weighted by molar-refractivity contribution is 5.80. The van der Waals surface area contributed by atoms with Gasteiger partial charge in [-0.1, -0.05) is 6.07 Å². The molecule has 0 spiro atoms. The number of hydrogen-bond donors (Lipinski definition) is 1. The molecule has 0 unspecified atom stereocenters. The third kappa shape index (κ3) is 5.11. The fourth-order valence-corrected chi connectivity index (χ4v) is 3.57. The molecule has 162 valence electrons. The molecule has 0 saturated carbocycles. The van der Waals surface area contributed by atoms with E-state index < -0.39 is 11.6 Å². The lowest BCUT2D eigenvalue weighted by atomic mass is 10.1. The van der Waals surface area contributed by atoms with Gasteiger partial charge in [0.1, 0.15) is 11.6 Å². The second-order valence-corrected chi connectivity index (χ2v) is 6.98. The summed E-state index contributed by atoms with van der Waals surface area (Å²) in [5.74, 6) is 1.39. The third-order valence-electron chi connectivity index (χ3n) is 5.18. The quantitative estimate of drug-likeness (QED) is 0.578. The summed E-state index contributed by atoms with van der Waals surface area (Å²) in [5.41, 5.74) is 1.44. The van der Waals surface area contributed by atoms with Gasteiger partial charge in [-0.15, -0.1) is 0 Å². The van der Waals surface area contributed by atoms with Crippen LogP contribution in [0.3, 0.4) is 0 Å². The minimum Gasteiger partial charge on any atom is -0.493 e. The lowest BCUT2D eigenvalue weighted by molar-refractivity contribution is 0.354. The Morgan fingerprint density at radius 2 is 1.73 bits per heavy atom. The summed E-state index contributed by atoms with van der Waals surface area (Å²) < 4.78 is 38.1. The molecular formula is C22H28F2N4O2. The molecule has 1 heterocycles. The van der Waals surface area contributed by atoms with Crippen LogP contribution in [0.2, 0.25) is 0 Å². The summed E-state index contributed by atoms with van der Waals surface area (Å²) in [7, 11) is 4.99. The Morgan fingerprint density at radius 1 is 1.00 bits per heavy atom. The first-order valence-electron chi connectivity index (χ1n) is 9.92. The topological polar surface area (TPSA) is 49.3 Å². The molecule has 1 N–H and O–H groups in total. The van der Waals surface area contributed by atoms with Crippen molar-refractivity contribution < 1.29 is 18.3 Å². The zero-order chi connectivity index (χ0) is 21.5. The van der Waals surface area contributed by atoms with Crippen molar-refractivity contribution in [1.82, 2.24) is 10.2 Å². The molecule has 2 aromatic rings. The summed E-state index contributed by atoms with van der Waals surface area (Å²) in [6.45, 7) is 3.24. The number of ether oxygens (including phenoxy) is 2. The molecule has 8 heteroatoms. The summed E-state index contributed by atoms with van der Waals surface area (Å²) in [5, 5.41) is 3.38. The standard InChI is InChI=1S/C22H28F2N4O2/c1-25-22(26-9-8-16-4-7-20(29-2)21(14-16)30-3)28-12-10-27(11-13-28)19-15-17(23)5-6-18(19)24/h4-7,14-15H,8-13H2,1-3H3,(H,25,26). The van der Waals surface area contributed by atoms with Crippen molar-refractivity contribution in [3.8, 4) is 11.5 Å². The predicted octanol–water partition coefficient (Wildman–Crippen LogP) is 2.92. The molecule has 3 rings (SSSR count). The second-order valence-electron chi connectivity index (χ2n) is 6.98. The van der Waals surface area contributed by atoms with E-state index in [4.69, 9.17) is 9.47 Å². The summed E-state index contributed by atoms with van der Waals surface area (Å²) in [6.07, 6.45) is 0.799. The number of rotatable bonds is 6. The first kappa shape index (κ1) is 21.7. The van der Waals surface area contributed by atoms with Crippen LogP contribution in [0.4, 0.5) is 14.5 Å². The highest BCUT2D eigenvalue weighted by Gasteiger charge is 2.22. The normalized spacial score (nSPS) is 14.6. The molecule has 1 saturated heterocycles. The largest absolute Gasteiger partial charge is 0.493 e. The monoisotopic (exact) mass is 418 g/mol. The van der Waals surface area contributed by atoms with Crippen molar-refractivity contribution >= 4 is 11.6 Å². The van der Waals surface area contributed by atoms with Gasteiger partial charge in [-0.25, -0.2) is 8.78 Å². The molecule has 0 aliphatic carbocycles. The maximum atomic E-state index is 14.0. The van der Waals surface area contributed by atoms with Crippen LogP contribution < -0.4 is 19.7 Å². The minimum atomic E-state index is -0.429. The molecule has 1 fully saturated rings. The Hall–Kier alpha value is -3.03. The molecule has 1 aliphatic rings. The van der Waals surface area contributed by atoms with Gasteiger partial charge in [0.25, 0.3) is 0 Å². The van der Waals surface area contributed by atoms with E-state index >= 15 is 0 Å². The number of hydrogen-bond acceptors (Lipinski definition) is 4. The fourth-order valence-electron chi connectivity index (χ4n) is 3.57. The van der Waals surface area contributed by atoms with E-state index in [1.165, 1.54) is 12.1 Å². The molecule has 30 heavy (non-hydrogen) atoms. The molecule has 0 bridgehead atoms. The molecule has 0 amide bonds. The van der Waals surface area contributed by atoms with Crippen LogP contribution in [0.5, 0.6) is 11.5 Å². The highest BCUT2D eigenvalue weighted by atomic mass is 19.1. The van der Waals surface area contributed by atoms with Crippen molar-refractivity contribution in [3.05, 3.63) is 53.6 Å². The van der Waals surface area contributed by atoms with Crippen LogP contribution in [-0.2, 0) is 6.42 Å². The van der Waals surface area contributed by atoms with Crippen LogP contribution in [0.1, 0.15) is 5.56 Å². The van der Waals surface area contributed by atoms with Crippen LogP contribution in [0, 0.1) is 11.6 Å². The van der Waals surface area contributed by atoms with Crippen LogP contribution in [-0.4, -0.2) is 64.9 Å². The van der Waals surface area contributed by atoms with E-state index in [2.05, 4.69) is 15.2 Å². The second kappa shape index (κ2) is 10.1. The van der Waals surface area contributed by atoms with E-state index in [-0.39, 0.29) is 0 Å². The van der Waals surface area contributed by atoms with E-state index in [1.54, 1.807) is 21.3 Å². The molecule has 0 atom stereocenters. The van der Waals surface area contributed by atoms with Gasteiger partial charge in [-0.3, -0.25) is 4.99 Å². The lowest BCUT2D eigenvalue weighted by Crippen LogP contribution is -2.53. The van der Waals surface area contributed by atoms with E-state index in [9.17, 15) is 8.78 Å². The van der Waals surface area contributed by atoms with Gasteiger partial charge in [-0.05, 0) is 36.2 Å². The minimum absolute atomic E-state index is 0.311. The molecule has 1 aliphatic heterocycles. The van der Waals surface area contributed by atoms with Crippen LogP contribution in [0.25, 0.3) is 0 Å². The zero-order valence-corrected chi connectivity index (χ0v) is 17.6. The zero-order valence-electron chi connectivity index (χ0n) is 17.6. The summed E-state index contributed by atoms with van der Waals surface area (Å²) >= 11 is 0. The van der Waals surface area contributed by atoms with Gasteiger partial charge < -0.3 is 24.6 Å². The SMILES string of the molecule is CN=C(NCCc1ccc(OC)c(OC)c1)N1CCN(c2cc(F)ccc2F)CC1. The first-order valence-corrected chi connectivity index (χ1v) is 9.92. The Bertz CT molecular complexity index is 883. The van der Waals surface area contributed by atoms with Gasteiger partial charge >= 0.3 is 0 Å². The number of methoxy groups -OCH3 is 2. The fraction of sp³-hybridized carbons (Fsp3) is 0.409. The van der Waals surface area contributed by atoms with E-state index in [0.29, 0.717) is 49.9 Å². The van der Waals surface area contributed by atoms with Crippen molar-refractivity contribution in [1.29, 1.82) is 0 Å². The molecule has 6 nitrogen and oxygen atoms in total. The summed E-state index contributed by atoms with van der Waals surface area (Å²) in [4.78, 5) is 8.36. The Morgan fingerprint density at radius 3 is 2.40 bits per heavy atom. The van der Waals surface area contributed by atoms with Gasteiger partial charge in [0.2, 0.25) is 0 Å². The Kier molecular flexibility index (Phi) is 7.32. The number of nitrogens with zero attached hydrogens (tertiary/aromatic N) is 3. The van der Waals surface area contributed by atoms with Crippen molar-refractivity contribution in [2.75, 3.05) is 58.9 Å². The number of benzene rings is 2. The van der Waals surface area contributed by atoms with Crippen molar-refractivity contribution in [3.63, 3.8) is 0 Å². The average molecular weight is 418 g/mol. The number of aliphatic imine (C=N–C) groups is 1. The number of piperazine rings is 1. The van der Waals surface area contributed by atoms with Gasteiger partial charge in [0, 0.05) is 45.8 Å². The van der Waals surface area contributed by atoms with E-state index in [1.807, 2.05) is 23.1 Å². The van der Waals surface area contributed by atoms with Crippen molar-refractivity contribution in [2.24, 2.45) is 4.99 Å². The average Bonchev–Trinajstić information content (AvgIpc) is 2.78. The number of guanidine groups is 1. The van der Waals surface area contributed by atoms with Gasteiger partial charge in [0.15, 0.2) is 17.5 Å². The van der Waals surface area contributed by atoms with E-state index in [0.717, 1.165) is 24.0 Å². The first-order chi connectivity index (χ1) is 14.5. The lowest BCUT2D eigenvalue weighted by Gasteiger charge is -2.37. The number of nitrogens with one attached hydrogen (secondary N) is 1. The van der Waals surface area contributed by atoms with Crippen LogP contribution >= 0.6 is 0 Å². The molecular weight excluding hydrogens is 390 g/mol. The van der Waals surface area contributed by atoms with Crippen LogP contribution in [0.15, 0.2) is 41.4 Å². The number of anilines is 1. The van der Waals surface area contributed by atoms with Gasteiger partial charge in [0.05, 0.1) is 19.9 Å².